The van der Waals surface area contributed by atoms with Crippen LogP contribution >= 0.6 is 11.6 Å². The van der Waals surface area contributed by atoms with Gasteiger partial charge in [-0.05, 0) is 37.8 Å². The fourth-order valence-electron chi connectivity index (χ4n) is 3.18. The highest BCUT2D eigenvalue weighted by molar-refractivity contribution is 6.31. The molecule has 0 atom stereocenters. The van der Waals surface area contributed by atoms with E-state index >= 15 is 0 Å². The van der Waals surface area contributed by atoms with Gasteiger partial charge in [-0.1, -0.05) is 11.6 Å². The highest BCUT2D eigenvalue weighted by Gasteiger charge is 2.33. The lowest BCUT2D eigenvalue weighted by Gasteiger charge is -2.10. The third-order valence-corrected chi connectivity index (χ3v) is 4.44. The predicted molar refractivity (Wildman–Crippen MR) is 77.0 cm³/mol. The van der Waals surface area contributed by atoms with E-state index in [0.717, 1.165) is 24.8 Å². The van der Waals surface area contributed by atoms with Gasteiger partial charge in [0.1, 0.15) is 11.2 Å². The van der Waals surface area contributed by atoms with Gasteiger partial charge in [-0.15, -0.1) is 0 Å². The molecule has 2 heterocycles. The molecule has 0 amide bonds. The van der Waals surface area contributed by atoms with Gasteiger partial charge in [-0.3, -0.25) is 14.2 Å². The third kappa shape index (κ3) is 1.58. The zero-order chi connectivity index (χ0) is 14.7. The Balaban J connectivity index is 2.14. The van der Waals surface area contributed by atoms with Crippen LogP contribution in [0, 0.1) is 5.82 Å². The Bertz CT molecular complexity index is 914. The summed E-state index contributed by atoms with van der Waals surface area (Å²) in [5, 5.41) is -0.371. The van der Waals surface area contributed by atoms with Crippen molar-refractivity contribution in [3.8, 4) is 0 Å². The SMILES string of the molecule is O=C1C2=C(CCCC2)c2nc(=O)c3c(F)c(Cl)ccc3n21. The molecule has 106 valence electrons. The van der Waals surface area contributed by atoms with Crippen LogP contribution in [-0.2, 0) is 0 Å². The summed E-state index contributed by atoms with van der Waals surface area (Å²) in [6.07, 6.45) is 3.33. The zero-order valence-electron chi connectivity index (χ0n) is 10.9. The van der Waals surface area contributed by atoms with E-state index in [0.29, 0.717) is 17.8 Å². The van der Waals surface area contributed by atoms with Gasteiger partial charge in [0.05, 0.1) is 10.5 Å². The summed E-state index contributed by atoms with van der Waals surface area (Å²) in [5.74, 6) is -0.646. The van der Waals surface area contributed by atoms with Crippen LogP contribution in [0.2, 0.25) is 5.02 Å². The molecule has 21 heavy (non-hydrogen) atoms. The van der Waals surface area contributed by atoms with Crippen LogP contribution in [0.3, 0.4) is 0 Å². The number of halogens is 2. The Labute approximate surface area is 123 Å². The summed E-state index contributed by atoms with van der Waals surface area (Å²) in [4.78, 5) is 28.6. The smallest absolute Gasteiger partial charge is 0.269 e. The maximum absolute atomic E-state index is 14.1. The molecular formula is C15H10ClFN2O2. The standard InChI is InChI=1S/C15H10ClFN2O2/c16-9-5-6-10-11(12(9)17)14(20)18-13-7-3-1-2-4-8(7)15(21)19(10)13/h5-6H,1-4H2. The van der Waals surface area contributed by atoms with Crippen molar-refractivity contribution in [1.82, 2.24) is 9.55 Å². The molecule has 2 aliphatic rings. The number of carbonyl (C=O) groups excluding carboxylic acids is 1. The van der Waals surface area contributed by atoms with E-state index in [1.165, 1.54) is 16.7 Å². The Morgan fingerprint density at radius 2 is 1.86 bits per heavy atom. The van der Waals surface area contributed by atoms with Crippen LogP contribution in [-0.4, -0.2) is 15.5 Å². The second-order valence-corrected chi connectivity index (χ2v) is 5.71. The number of hydrogen-bond acceptors (Lipinski definition) is 3. The van der Waals surface area contributed by atoms with Crippen molar-refractivity contribution in [1.29, 1.82) is 0 Å². The van der Waals surface area contributed by atoms with E-state index in [4.69, 9.17) is 11.6 Å². The number of benzene rings is 1. The number of nitrogens with zero attached hydrogens (tertiary/aromatic N) is 2. The van der Waals surface area contributed by atoms with E-state index in [2.05, 4.69) is 4.98 Å². The maximum Gasteiger partial charge on any atom is 0.284 e. The molecule has 1 aromatic heterocycles. The van der Waals surface area contributed by atoms with Crippen LogP contribution < -0.4 is 5.56 Å². The Kier molecular flexibility index (Phi) is 2.57. The molecule has 0 unspecified atom stereocenters. The van der Waals surface area contributed by atoms with Gasteiger partial charge in [0.25, 0.3) is 11.5 Å². The van der Waals surface area contributed by atoms with Crippen LogP contribution in [0.5, 0.6) is 0 Å². The van der Waals surface area contributed by atoms with Crippen LogP contribution in [0.4, 0.5) is 4.39 Å². The number of allylic oxidation sites excluding steroid dienone is 2. The average molecular weight is 305 g/mol. The second kappa shape index (κ2) is 4.24. The summed E-state index contributed by atoms with van der Waals surface area (Å²) in [6.45, 7) is 0. The van der Waals surface area contributed by atoms with E-state index in [1.54, 1.807) is 0 Å². The number of hydrogen-bond donors (Lipinski definition) is 0. The van der Waals surface area contributed by atoms with Gasteiger partial charge in [0.2, 0.25) is 0 Å². The minimum atomic E-state index is -0.820. The van der Waals surface area contributed by atoms with Crippen LogP contribution in [0.15, 0.2) is 22.5 Å². The quantitative estimate of drug-likeness (QED) is 0.751. The fourth-order valence-corrected chi connectivity index (χ4v) is 3.33. The van der Waals surface area contributed by atoms with Crippen molar-refractivity contribution in [3.63, 3.8) is 0 Å². The highest BCUT2D eigenvalue weighted by Crippen LogP contribution is 2.38. The first-order valence-corrected chi connectivity index (χ1v) is 7.15. The molecule has 0 spiro atoms. The average Bonchev–Trinajstić information content (AvgIpc) is 2.76. The molecule has 0 bridgehead atoms. The van der Waals surface area contributed by atoms with E-state index < -0.39 is 11.4 Å². The second-order valence-electron chi connectivity index (χ2n) is 5.30. The lowest BCUT2D eigenvalue weighted by Crippen LogP contribution is -2.20. The summed E-state index contributed by atoms with van der Waals surface area (Å²) < 4.78 is 15.5. The molecular weight excluding hydrogens is 295 g/mol. The van der Waals surface area contributed by atoms with Gasteiger partial charge < -0.3 is 0 Å². The number of fused-ring (bicyclic) bond motifs is 4. The fraction of sp³-hybridized carbons (Fsp3) is 0.267. The molecule has 0 saturated heterocycles. The number of rotatable bonds is 0. The predicted octanol–water partition coefficient (Wildman–Crippen LogP) is 3.17. The van der Waals surface area contributed by atoms with E-state index in [1.807, 2.05) is 0 Å². The molecule has 4 rings (SSSR count). The normalized spacial score (nSPS) is 17.3. The first-order valence-electron chi connectivity index (χ1n) is 6.77. The van der Waals surface area contributed by atoms with Crippen LogP contribution in [0.1, 0.15) is 36.3 Å². The maximum atomic E-state index is 14.1. The molecule has 1 aromatic carbocycles. The zero-order valence-corrected chi connectivity index (χ0v) is 11.7. The summed E-state index contributed by atoms with van der Waals surface area (Å²) >= 11 is 5.72. The largest absolute Gasteiger partial charge is 0.284 e. The number of carbonyl (C=O) groups is 1. The molecule has 0 saturated carbocycles. The highest BCUT2D eigenvalue weighted by atomic mass is 35.5. The van der Waals surface area contributed by atoms with Crippen molar-refractivity contribution >= 4 is 34.0 Å². The van der Waals surface area contributed by atoms with Gasteiger partial charge in [0, 0.05) is 11.1 Å². The molecule has 4 nitrogen and oxygen atoms in total. The van der Waals surface area contributed by atoms with Crippen molar-refractivity contribution in [2.45, 2.75) is 25.7 Å². The van der Waals surface area contributed by atoms with E-state index in [9.17, 15) is 14.0 Å². The van der Waals surface area contributed by atoms with E-state index in [-0.39, 0.29) is 21.8 Å². The van der Waals surface area contributed by atoms with Gasteiger partial charge >= 0.3 is 0 Å². The first kappa shape index (κ1) is 12.7. The van der Waals surface area contributed by atoms with Gasteiger partial charge in [-0.25, -0.2) is 4.39 Å². The molecule has 0 N–H and O–H groups in total. The summed E-state index contributed by atoms with van der Waals surface area (Å²) in [5.41, 5.74) is 1.10. The lowest BCUT2D eigenvalue weighted by molar-refractivity contribution is 0.0960. The molecule has 0 radical (unpaired) electrons. The summed E-state index contributed by atoms with van der Waals surface area (Å²) in [6, 6.07) is 2.86. The molecule has 2 aromatic rings. The Morgan fingerprint density at radius 1 is 1.14 bits per heavy atom. The summed E-state index contributed by atoms with van der Waals surface area (Å²) in [7, 11) is 0. The lowest BCUT2D eigenvalue weighted by atomic mass is 9.93. The van der Waals surface area contributed by atoms with Crippen molar-refractivity contribution in [3.05, 3.63) is 44.7 Å². The first-order chi connectivity index (χ1) is 10.1. The topological polar surface area (TPSA) is 52.0 Å². The monoisotopic (exact) mass is 304 g/mol. The van der Waals surface area contributed by atoms with Gasteiger partial charge in [-0.2, -0.15) is 4.98 Å². The third-order valence-electron chi connectivity index (χ3n) is 4.15. The molecule has 6 heteroatoms. The molecule has 1 aliphatic heterocycles. The molecule has 1 aliphatic carbocycles. The van der Waals surface area contributed by atoms with Gasteiger partial charge in [0.15, 0.2) is 5.82 Å². The number of aromatic nitrogens is 2. The van der Waals surface area contributed by atoms with Crippen molar-refractivity contribution in [2.24, 2.45) is 0 Å². The van der Waals surface area contributed by atoms with Crippen LogP contribution in [0.25, 0.3) is 16.5 Å². The Morgan fingerprint density at radius 3 is 2.62 bits per heavy atom. The minimum absolute atomic E-state index is 0.148. The van der Waals surface area contributed by atoms with Crippen molar-refractivity contribution < 1.29 is 9.18 Å². The Hall–Kier alpha value is -2.01. The minimum Gasteiger partial charge on any atom is -0.269 e. The molecule has 0 fully saturated rings. The van der Waals surface area contributed by atoms with Crippen molar-refractivity contribution in [2.75, 3.05) is 0 Å².